The molecule has 0 atom stereocenters. The lowest BCUT2D eigenvalue weighted by Crippen LogP contribution is -2.19. The Morgan fingerprint density at radius 3 is 2.06 bits per heavy atom. The van der Waals surface area contributed by atoms with Gasteiger partial charge < -0.3 is 20.9 Å². The highest BCUT2D eigenvalue weighted by Gasteiger charge is 2.17. The Kier molecular flexibility index (Phi) is 6.66. The molecule has 0 fully saturated rings. The van der Waals surface area contributed by atoms with Gasteiger partial charge in [0.05, 0.1) is 13.2 Å². The van der Waals surface area contributed by atoms with Crippen LogP contribution in [0.25, 0.3) is 0 Å². The molecule has 0 saturated heterocycles. The molecular weight excluding hydrogens is 238 g/mol. The minimum Gasteiger partial charge on any atom is -0.462 e. The molecule has 0 unspecified atom stereocenters. The molecule has 0 aromatic rings. The van der Waals surface area contributed by atoms with E-state index in [1.54, 1.807) is 19.9 Å². The molecule has 0 rings (SSSR count). The van der Waals surface area contributed by atoms with Gasteiger partial charge in [-0.15, -0.1) is 0 Å². The van der Waals surface area contributed by atoms with Gasteiger partial charge in [0.1, 0.15) is 23.0 Å². The molecule has 0 amide bonds. The van der Waals surface area contributed by atoms with Crippen LogP contribution in [0.1, 0.15) is 13.8 Å². The molecule has 7 nitrogen and oxygen atoms in total. The normalized spacial score (nSPS) is 10.2. The van der Waals surface area contributed by atoms with E-state index >= 15 is 0 Å². The molecule has 0 spiro atoms. The lowest BCUT2D eigenvalue weighted by molar-refractivity contribution is -0.138. The van der Waals surface area contributed by atoms with Crippen molar-refractivity contribution in [2.75, 3.05) is 13.2 Å². The molecule has 0 aromatic heterocycles. The summed E-state index contributed by atoms with van der Waals surface area (Å²) in [5.74, 6) is -2.01. The number of nitriles is 1. The zero-order valence-electron chi connectivity index (χ0n) is 10.2. The van der Waals surface area contributed by atoms with Crippen molar-refractivity contribution in [1.29, 1.82) is 5.26 Å². The number of nitrogens with two attached hydrogens (primary N) is 2. The molecule has 4 N–H and O–H groups in total. The number of ether oxygens (including phenoxy) is 2. The number of nitrogens with zero attached hydrogens (tertiary/aromatic N) is 1. The summed E-state index contributed by atoms with van der Waals surface area (Å²) in [6.07, 6.45) is 0.950. The molecule has 0 saturated carbocycles. The highest BCUT2D eigenvalue weighted by atomic mass is 16.5. The molecule has 0 aromatic carbocycles. The summed E-state index contributed by atoms with van der Waals surface area (Å²) in [5.41, 5.74) is 9.96. The number of hydrogen-bond donors (Lipinski definition) is 2. The largest absolute Gasteiger partial charge is 0.462 e. The fraction of sp³-hybridized carbons (Fsp3) is 0.364. The number of esters is 2. The van der Waals surface area contributed by atoms with Gasteiger partial charge in [-0.25, -0.2) is 9.59 Å². The second kappa shape index (κ2) is 7.73. The molecule has 0 bridgehead atoms. The zero-order chi connectivity index (χ0) is 14.1. The molecule has 7 heteroatoms. The number of carbonyl (C=O) groups is 2. The maximum atomic E-state index is 11.5. The van der Waals surface area contributed by atoms with E-state index in [1.165, 1.54) is 0 Å². The van der Waals surface area contributed by atoms with Crippen LogP contribution in [0.5, 0.6) is 0 Å². The highest BCUT2D eigenvalue weighted by Crippen LogP contribution is 2.07. The molecule has 0 aliphatic heterocycles. The van der Waals surface area contributed by atoms with Gasteiger partial charge in [0.2, 0.25) is 0 Å². The van der Waals surface area contributed by atoms with Crippen molar-refractivity contribution in [2.45, 2.75) is 13.8 Å². The maximum Gasteiger partial charge on any atom is 0.348 e. The first-order valence-electron chi connectivity index (χ1n) is 5.19. The van der Waals surface area contributed by atoms with Crippen LogP contribution in [0.4, 0.5) is 0 Å². The van der Waals surface area contributed by atoms with Crippen molar-refractivity contribution >= 4 is 11.9 Å². The predicted octanol–water partition coefficient (Wildman–Crippen LogP) is -0.308. The van der Waals surface area contributed by atoms with Gasteiger partial charge >= 0.3 is 11.9 Å². The second-order valence-corrected chi connectivity index (χ2v) is 2.98. The Bertz CT molecular complexity index is 428. The highest BCUT2D eigenvalue weighted by molar-refractivity contribution is 5.98. The van der Waals surface area contributed by atoms with E-state index in [0.717, 1.165) is 6.08 Å². The van der Waals surface area contributed by atoms with Gasteiger partial charge in [-0.2, -0.15) is 5.26 Å². The third kappa shape index (κ3) is 4.57. The number of rotatable bonds is 5. The predicted molar refractivity (Wildman–Crippen MR) is 62.4 cm³/mol. The lowest BCUT2D eigenvalue weighted by atomic mass is 10.1. The summed E-state index contributed by atoms with van der Waals surface area (Å²) in [5, 5.41) is 8.79. The third-order valence-electron chi connectivity index (χ3n) is 1.71. The zero-order valence-corrected chi connectivity index (χ0v) is 10.2. The van der Waals surface area contributed by atoms with Gasteiger partial charge in [0, 0.05) is 0 Å². The van der Waals surface area contributed by atoms with Crippen LogP contribution in [0.3, 0.4) is 0 Å². The van der Waals surface area contributed by atoms with Gasteiger partial charge in [-0.05, 0) is 19.9 Å². The summed E-state index contributed by atoms with van der Waals surface area (Å²) in [7, 11) is 0. The maximum absolute atomic E-state index is 11.5. The molecule has 18 heavy (non-hydrogen) atoms. The van der Waals surface area contributed by atoms with Gasteiger partial charge in [-0.1, -0.05) is 0 Å². The van der Waals surface area contributed by atoms with Crippen LogP contribution in [-0.2, 0) is 19.1 Å². The fourth-order valence-corrected chi connectivity index (χ4v) is 0.959. The van der Waals surface area contributed by atoms with Crippen molar-refractivity contribution in [2.24, 2.45) is 11.5 Å². The molecule has 0 radical (unpaired) electrons. The van der Waals surface area contributed by atoms with E-state index in [0.29, 0.717) is 0 Å². The quantitative estimate of drug-likeness (QED) is 0.297. The van der Waals surface area contributed by atoms with Gasteiger partial charge in [-0.3, -0.25) is 0 Å². The molecule has 0 heterocycles. The molecule has 0 aliphatic carbocycles. The van der Waals surface area contributed by atoms with E-state index in [2.05, 4.69) is 9.47 Å². The second-order valence-electron chi connectivity index (χ2n) is 2.98. The van der Waals surface area contributed by atoms with E-state index in [4.69, 9.17) is 16.7 Å². The molecular formula is C11H15N3O4. The topological polar surface area (TPSA) is 128 Å². The Hall–Kier alpha value is -2.49. The summed E-state index contributed by atoms with van der Waals surface area (Å²) in [6.45, 7) is 3.41. The average Bonchev–Trinajstić information content (AvgIpc) is 2.30. The van der Waals surface area contributed by atoms with E-state index in [9.17, 15) is 9.59 Å². The molecule has 0 aliphatic rings. The SMILES string of the molecule is CCOC(=O)C(/C=C(\C#N)C(=O)OCC)=C(N)N. The van der Waals surface area contributed by atoms with Crippen LogP contribution < -0.4 is 11.5 Å². The summed E-state index contributed by atoms with van der Waals surface area (Å²) < 4.78 is 9.32. The average molecular weight is 253 g/mol. The van der Waals surface area contributed by atoms with Crippen LogP contribution in [-0.4, -0.2) is 25.2 Å². The first-order chi connectivity index (χ1) is 8.47. The Morgan fingerprint density at radius 2 is 1.67 bits per heavy atom. The summed E-state index contributed by atoms with van der Waals surface area (Å²) in [4.78, 5) is 22.8. The third-order valence-corrected chi connectivity index (χ3v) is 1.71. The lowest BCUT2D eigenvalue weighted by Gasteiger charge is -2.05. The minimum atomic E-state index is -0.858. The first-order valence-corrected chi connectivity index (χ1v) is 5.19. The monoisotopic (exact) mass is 253 g/mol. The van der Waals surface area contributed by atoms with Gasteiger partial charge in [0.15, 0.2) is 0 Å². The van der Waals surface area contributed by atoms with E-state index in [-0.39, 0.29) is 30.2 Å². The van der Waals surface area contributed by atoms with Crippen molar-refractivity contribution in [1.82, 2.24) is 0 Å². The number of carbonyl (C=O) groups excluding carboxylic acids is 2. The van der Waals surface area contributed by atoms with Crippen molar-refractivity contribution < 1.29 is 19.1 Å². The standard InChI is InChI=1S/C11H15N3O4/c1-3-17-10(15)7(6-12)5-8(9(13)14)11(16)18-4-2/h5H,3-4,13-14H2,1-2H3/b7-5+. The van der Waals surface area contributed by atoms with E-state index < -0.39 is 11.9 Å². The summed E-state index contributed by atoms with van der Waals surface area (Å²) >= 11 is 0. The van der Waals surface area contributed by atoms with Crippen LogP contribution in [0, 0.1) is 11.3 Å². The van der Waals surface area contributed by atoms with E-state index in [1.807, 2.05) is 0 Å². The Morgan fingerprint density at radius 1 is 1.17 bits per heavy atom. The Balaban J connectivity index is 5.30. The van der Waals surface area contributed by atoms with Crippen LogP contribution in [0.2, 0.25) is 0 Å². The van der Waals surface area contributed by atoms with Crippen LogP contribution >= 0.6 is 0 Å². The molecule has 98 valence electrons. The smallest absolute Gasteiger partial charge is 0.348 e. The van der Waals surface area contributed by atoms with Crippen LogP contribution in [0.15, 0.2) is 23.0 Å². The van der Waals surface area contributed by atoms with Crippen molar-refractivity contribution in [3.8, 4) is 6.07 Å². The van der Waals surface area contributed by atoms with Crippen molar-refractivity contribution in [3.05, 3.63) is 23.0 Å². The van der Waals surface area contributed by atoms with Gasteiger partial charge in [0.25, 0.3) is 0 Å². The fourth-order valence-electron chi connectivity index (χ4n) is 0.959. The summed E-state index contributed by atoms with van der Waals surface area (Å²) in [6, 6.07) is 1.60. The first kappa shape index (κ1) is 15.5. The minimum absolute atomic E-state index is 0.106. The number of hydrogen-bond acceptors (Lipinski definition) is 7. The van der Waals surface area contributed by atoms with Crippen molar-refractivity contribution in [3.63, 3.8) is 0 Å². The Labute approximate surface area is 105 Å².